The van der Waals surface area contributed by atoms with E-state index >= 15 is 0 Å². The van der Waals surface area contributed by atoms with Crippen LogP contribution in [-0.2, 0) is 17.7 Å². The highest BCUT2D eigenvalue weighted by atomic mass is 35.5. The Morgan fingerprint density at radius 3 is 2.18 bits per heavy atom. The van der Waals surface area contributed by atoms with Gasteiger partial charge in [-0.2, -0.15) is 0 Å². The van der Waals surface area contributed by atoms with Gasteiger partial charge in [-0.25, -0.2) is 15.0 Å². The van der Waals surface area contributed by atoms with Crippen molar-refractivity contribution in [2.24, 2.45) is 0 Å². The molecule has 4 heterocycles. The Morgan fingerprint density at radius 1 is 0.971 bits per heavy atom. The maximum atomic E-state index is 11.5. The Labute approximate surface area is 208 Å². The van der Waals surface area contributed by atoms with Crippen LogP contribution in [0.3, 0.4) is 0 Å². The van der Waals surface area contributed by atoms with Crippen molar-refractivity contribution in [1.82, 2.24) is 19.5 Å². The maximum absolute atomic E-state index is 11.5. The number of nitrogens with zero attached hydrogens (tertiary/aromatic N) is 4. The highest BCUT2D eigenvalue weighted by molar-refractivity contribution is 6.84. The third-order valence-electron chi connectivity index (χ3n) is 7.23. The van der Waals surface area contributed by atoms with Gasteiger partial charge in [-0.05, 0) is 22.2 Å². The lowest BCUT2D eigenvalue weighted by molar-refractivity contribution is -0.0570. The van der Waals surface area contributed by atoms with Crippen molar-refractivity contribution in [3.8, 4) is 0 Å². The van der Waals surface area contributed by atoms with Gasteiger partial charge in [-0.1, -0.05) is 67.0 Å². The molecule has 0 radical (unpaired) electrons. The number of ether oxygens (including phenoxy) is 1. The van der Waals surface area contributed by atoms with E-state index in [0.29, 0.717) is 17.8 Å². The van der Waals surface area contributed by atoms with Crippen LogP contribution in [0, 0.1) is 0 Å². The molecule has 2 aliphatic heterocycles. The third kappa shape index (κ3) is 4.07. The van der Waals surface area contributed by atoms with Gasteiger partial charge >= 0.3 is 17.1 Å². The van der Waals surface area contributed by atoms with Gasteiger partial charge in [0.05, 0.1) is 12.9 Å². The number of aromatic nitrogens is 4. The summed E-state index contributed by atoms with van der Waals surface area (Å²) in [6.07, 6.45) is 0.205. The molecule has 12 heteroatoms. The average Bonchev–Trinajstić information content (AvgIpc) is 3.29. The van der Waals surface area contributed by atoms with Gasteiger partial charge < -0.3 is 22.8 Å². The van der Waals surface area contributed by atoms with Crippen molar-refractivity contribution in [1.29, 1.82) is 0 Å². The van der Waals surface area contributed by atoms with Crippen LogP contribution >= 0.6 is 11.6 Å². The standard InChI is InChI=1S/C22H37ClN4O5Si2/c1-12(2)33(13(3)4)29-9-16-19(31-34(32-33,14(5)6)15(7)8)18(28)22(30-16)27-11-26-17-20(23)24-10-25-21(17)27/h10-16,18-19,22,28H,9H2,1-8H3/t16-,18+,19-,22-/m1/s1. The minimum Gasteiger partial charge on any atom is -0.414 e. The first-order valence-corrected chi connectivity index (χ1v) is 16.4. The van der Waals surface area contributed by atoms with E-state index in [1.165, 1.54) is 6.33 Å². The number of halogens is 1. The number of fused-ring (bicyclic) bond motifs is 2. The Morgan fingerprint density at radius 2 is 1.59 bits per heavy atom. The van der Waals surface area contributed by atoms with Crippen molar-refractivity contribution in [2.45, 2.75) is 102 Å². The zero-order valence-corrected chi connectivity index (χ0v) is 24.0. The van der Waals surface area contributed by atoms with Crippen molar-refractivity contribution >= 4 is 39.9 Å². The molecule has 2 aromatic rings. The summed E-state index contributed by atoms with van der Waals surface area (Å²) < 4.78 is 29.0. The molecule has 0 spiro atoms. The molecule has 190 valence electrons. The Bertz CT molecular complexity index is 1000. The quantitative estimate of drug-likeness (QED) is 0.440. The molecule has 1 N–H and O–H groups in total. The van der Waals surface area contributed by atoms with Crippen LogP contribution in [0.15, 0.2) is 12.7 Å². The molecule has 4 rings (SSSR count). The molecule has 2 saturated heterocycles. The summed E-state index contributed by atoms with van der Waals surface area (Å²) in [6, 6.07) is 0. The third-order valence-corrected chi connectivity index (χ3v) is 17.8. The Balaban J connectivity index is 1.77. The molecule has 9 nitrogen and oxygen atoms in total. The van der Waals surface area contributed by atoms with E-state index in [-0.39, 0.29) is 27.3 Å². The molecule has 34 heavy (non-hydrogen) atoms. The number of aliphatic hydroxyl groups is 1. The lowest BCUT2D eigenvalue weighted by Gasteiger charge is -2.51. The van der Waals surface area contributed by atoms with Crippen molar-refractivity contribution < 1.29 is 22.8 Å². The fraction of sp³-hybridized carbons (Fsp3) is 0.773. The maximum Gasteiger partial charge on any atom is 0.335 e. The van der Waals surface area contributed by atoms with E-state index in [0.717, 1.165) is 0 Å². The van der Waals surface area contributed by atoms with E-state index < -0.39 is 41.7 Å². The Kier molecular flexibility index (Phi) is 7.31. The van der Waals surface area contributed by atoms with Crippen LogP contribution < -0.4 is 0 Å². The van der Waals surface area contributed by atoms with Gasteiger partial charge in [-0.3, -0.25) is 4.57 Å². The molecular weight excluding hydrogens is 492 g/mol. The lowest BCUT2D eigenvalue weighted by Crippen LogP contribution is -2.65. The van der Waals surface area contributed by atoms with E-state index in [4.69, 9.17) is 29.3 Å². The largest absolute Gasteiger partial charge is 0.414 e. The first kappa shape index (κ1) is 26.1. The van der Waals surface area contributed by atoms with Crippen LogP contribution in [-0.4, -0.2) is 66.7 Å². The molecule has 0 unspecified atom stereocenters. The number of imidazole rings is 1. The summed E-state index contributed by atoms with van der Waals surface area (Å²) in [6.45, 7) is 17.6. The molecule has 0 aliphatic carbocycles. The molecule has 2 aromatic heterocycles. The van der Waals surface area contributed by atoms with Crippen LogP contribution in [0.1, 0.15) is 61.6 Å². The minimum atomic E-state index is -2.86. The van der Waals surface area contributed by atoms with Gasteiger partial charge in [0.1, 0.15) is 30.2 Å². The lowest BCUT2D eigenvalue weighted by atomic mass is 10.1. The van der Waals surface area contributed by atoms with E-state index in [2.05, 4.69) is 70.3 Å². The number of aliphatic hydroxyl groups excluding tert-OH is 1. The van der Waals surface area contributed by atoms with Crippen molar-refractivity contribution in [3.63, 3.8) is 0 Å². The monoisotopic (exact) mass is 528 g/mol. The minimum absolute atomic E-state index is 0.158. The normalized spacial score (nSPS) is 29.2. The van der Waals surface area contributed by atoms with Crippen molar-refractivity contribution in [2.75, 3.05) is 6.61 Å². The fourth-order valence-corrected chi connectivity index (χ4v) is 16.8. The SMILES string of the molecule is CC(C)[Si]1(C(C)C)OC[C@H]2O[C@@H](n3cnc4c(Cl)ncnc43)[C@@H](O)[C@@H]2O[Si](C(C)C)(C(C)C)O1. The predicted octanol–water partition coefficient (Wildman–Crippen LogP) is 4.69. The zero-order chi connectivity index (χ0) is 25.0. The summed E-state index contributed by atoms with van der Waals surface area (Å²) in [5, 5.41) is 11.7. The summed E-state index contributed by atoms with van der Waals surface area (Å²) >= 11 is 6.19. The van der Waals surface area contributed by atoms with Gasteiger partial charge in [0.15, 0.2) is 17.0 Å². The second kappa shape index (κ2) is 9.51. The summed E-state index contributed by atoms with van der Waals surface area (Å²) in [4.78, 5) is 12.7. The fourth-order valence-electron chi connectivity index (χ4n) is 5.38. The first-order chi connectivity index (χ1) is 15.9. The molecule has 0 saturated carbocycles. The first-order valence-electron chi connectivity index (χ1n) is 12.1. The van der Waals surface area contributed by atoms with E-state index in [9.17, 15) is 5.11 Å². The topological polar surface area (TPSA) is 101 Å². The highest BCUT2D eigenvalue weighted by Gasteiger charge is 2.61. The smallest absolute Gasteiger partial charge is 0.335 e. The number of hydrogen-bond donors (Lipinski definition) is 1. The van der Waals surface area contributed by atoms with E-state index in [1.807, 2.05) is 0 Å². The summed E-state index contributed by atoms with van der Waals surface area (Å²) in [7, 11) is -5.54. The molecule has 2 aliphatic rings. The van der Waals surface area contributed by atoms with Gasteiger partial charge in [-0.15, -0.1) is 0 Å². The molecule has 0 aromatic carbocycles. The predicted molar refractivity (Wildman–Crippen MR) is 134 cm³/mol. The van der Waals surface area contributed by atoms with Crippen LogP contribution in [0.4, 0.5) is 0 Å². The molecule has 4 atom stereocenters. The van der Waals surface area contributed by atoms with Gasteiger partial charge in [0.25, 0.3) is 0 Å². The second-order valence-corrected chi connectivity index (χ2v) is 19.8. The summed E-state index contributed by atoms with van der Waals surface area (Å²) in [5.74, 6) is 0. The second-order valence-electron chi connectivity index (χ2n) is 10.6. The Hall–Kier alpha value is -0.926. The highest BCUT2D eigenvalue weighted by Crippen LogP contribution is 2.48. The molecular formula is C22H37ClN4O5Si2. The molecule has 0 amide bonds. The van der Waals surface area contributed by atoms with Crippen molar-refractivity contribution in [3.05, 3.63) is 17.8 Å². The van der Waals surface area contributed by atoms with Crippen LogP contribution in [0.25, 0.3) is 11.2 Å². The zero-order valence-electron chi connectivity index (χ0n) is 21.2. The van der Waals surface area contributed by atoms with Gasteiger partial charge in [0, 0.05) is 0 Å². The van der Waals surface area contributed by atoms with Crippen LogP contribution in [0.5, 0.6) is 0 Å². The summed E-state index contributed by atoms with van der Waals surface area (Å²) in [5.41, 5.74) is 1.74. The number of hydrogen-bond acceptors (Lipinski definition) is 8. The molecule has 2 fully saturated rings. The molecule has 0 bridgehead atoms. The average molecular weight is 529 g/mol. The van der Waals surface area contributed by atoms with E-state index in [1.54, 1.807) is 10.9 Å². The number of rotatable bonds is 5. The van der Waals surface area contributed by atoms with Gasteiger partial charge in [0.2, 0.25) is 0 Å². The van der Waals surface area contributed by atoms with Crippen LogP contribution in [0.2, 0.25) is 27.3 Å².